The average molecular weight is 338 g/mol. The van der Waals surface area contributed by atoms with E-state index in [0.29, 0.717) is 29.1 Å². The second kappa shape index (κ2) is 7.17. The second-order valence-corrected chi connectivity index (χ2v) is 5.81. The number of aromatic nitrogens is 1. The van der Waals surface area contributed by atoms with E-state index in [1.807, 2.05) is 31.2 Å². The molecule has 2 aromatic carbocycles. The molecule has 1 amide bonds. The van der Waals surface area contributed by atoms with Crippen LogP contribution in [0.4, 0.5) is 5.69 Å². The van der Waals surface area contributed by atoms with Crippen molar-refractivity contribution in [3.63, 3.8) is 0 Å². The summed E-state index contributed by atoms with van der Waals surface area (Å²) in [5.41, 5.74) is 3.89. The number of hydrogen-bond donors (Lipinski definition) is 2. The fraction of sp³-hybridized carbons (Fsp3) is 0.211. The molecule has 0 aliphatic carbocycles. The zero-order valence-corrected chi connectivity index (χ0v) is 13.8. The lowest BCUT2D eigenvalue weighted by atomic mass is 10.1. The SMILES string of the molecule is Cc1ccccc1-c1nc2ccc(NC(=O)CCCC(=O)O)cc2o1. The van der Waals surface area contributed by atoms with Crippen LogP contribution >= 0.6 is 0 Å². The number of nitrogens with zero attached hydrogens (tertiary/aromatic N) is 1. The fourth-order valence-corrected chi connectivity index (χ4v) is 2.55. The van der Waals surface area contributed by atoms with Crippen LogP contribution < -0.4 is 5.32 Å². The number of oxazole rings is 1. The Hall–Kier alpha value is -3.15. The van der Waals surface area contributed by atoms with Crippen LogP contribution in [0.3, 0.4) is 0 Å². The Morgan fingerprint density at radius 3 is 2.72 bits per heavy atom. The lowest BCUT2D eigenvalue weighted by Crippen LogP contribution is -2.11. The van der Waals surface area contributed by atoms with Crippen LogP contribution in [0.25, 0.3) is 22.6 Å². The van der Waals surface area contributed by atoms with Crippen LogP contribution in [0.2, 0.25) is 0 Å². The highest BCUT2D eigenvalue weighted by molar-refractivity contribution is 5.93. The van der Waals surface area contributed by atoms with Gasteiger partial charge in [-0.15, -0.1) is 0 Å². The van der Waals surface area contributed by atoms with Crippen molar-refractivity contribution in [3.8, 4) is 11.5 Å². The number of benzene rings is 2. The molecule has 0 bridgehead atoms. The van der Waals surface area contributed by atoms with E-state index in [9.17, 15) is 9.59 Å². The molecule has 0 aliphatic heterocycles. The minimum Gasteiger partial charge on any atom is -0.481 e. The minimum atomic E-state index is -0.903. The summed E-state index contributed by atoms with van der Waals surface area (Å²) in [5.74, 6) is -0.586. The van der Waals surface area contributed by atoms with E-state index in [4.69, 9.17) is 9.52 Å². The van der Waals surface area contributed by atoms with Crippen molar-refractivity contribution in [2.24, 2.45) is 0 Å². The summed E-state index contributed by atoms with van der Waals surface area (Å²) >= 11 is 0. The highest BCUT2D eigenvalue weighted by Gasteiger charge is 2.11. The van der Waals surface area contributed by atoms with Gasteiger partial charge in [-0.25, -0.2) is 4.98 Å². The van der Waals surface area contributed by atoms with Gasteiger partial charge in [-0.1, -0.05) is 18.2 Å². The van der Waals surface area contributed by atoms with Crippen LogP contribution in [-0.2, 0) is 9.59 Å². The Kier molecular flexibility index (Phi) is 4.79. The van der Waals surface area contributed by atoms with Crippen LogP contribution in [0.1, 0.15) is 24.8 Å². The third-order valence-electron chi connectivity index (χ3n) is 3.84. The number of fused-ring (bicyclic) bond motifs is 1. The topological polar surface area (TPSA) is 92.4 Å². The minimum absolute atomic E-state index is 0.0195. The molecule has 0 fully saturated rings. The summed E-state index contributed by atoms with van der Waals surface area (Å²) in [6, 6.07) is 13.1. The normalized spacial score (nSPS) is 10.8. The van der Waals surface area contributed by atoms with Gasteiger partial charge in [0.2, 0.25) is 11.8 Å². The first-order chi connectivity index (χ1) is 12.0. The molecule has 2 N–H and O–H groups in total. The lowest BCUT2D eigenvalue weighted by molar-refractivity contribution is -0.137. The monoisotopic (exact) mass is 338 g/mol. The fourth-order valence-electron chi connectivity index (χ4n) is 2.55. The van der Waals surface area contributed by atoms with Crippen molar-refractivity contribution in [2.75, 3.05) is 5.32 Å². The molecular weight excluding hydrogens is 320 g/mol. The predicted octanol–water partition coefficient (Wildman–Crippen LogP) is 4.00. The van der Waals surface area contributed by atoms with Crippen molar-refractivity contribution < 1.29 is 19.1 Å². The lowest BCUT2D eigenvalue weighted by Gasteiger charge is -2.04. The molecule has 0 radical (unpaired) electrons. The van der Waals surface area contributed by atoms with Crippen molar-refractivity contribution in [1.82, 2.24) is 4.98 Å². The standard InChI is InChI=1S/C19H18N2O4/c1-12-5-2-3-6-14(12)19-21-15-10-9-13(11-16(15)25-19)20-17(22)7-4-8-18(23)24/h2-3,5-6,9-11H,4,7-8H2,1H3,(H,20,22)(H,23,24). The number of amides is 1. The maximum absolute atomic E-state index is 11.9. The molecule has 0 saturated heterocycles. The Balaban J connectivity index is 1.75. The van der Waals surface area contributed by atoms with Gasteiger partial charge >= 0.3 is 5.97 Å². The number of carboxylic acids is 1. The number of aliphatic carboxylic acids is 1. The quantitative estimate of drug-likeness (QED) is 0.709. The summed E-state index contributed by atoms with van der Waals surface area (Å²) in [4.78, 5) is 26.8. The number of carbonyl (C=O) groups excluding carboxylic acids is 1. The zero-order valence-electron chi connectivity index (χ0n) is 13.8. The summed E-state index contributed by atoms with van der Waals surface area (Å²) in [7, 11) is 0. The van der Waals surface area contributed by atoms with Gasteiger partial charge in [0.1, 0.15) is 5.52 Å². The Morgan fingerprint density at radius 2 is 1.96 bits per heavy atom. The first kappa shape index (κ1) is 16.7. The van der Waals surface area contributed by atoms with E-state index in [2.05, 4.69) is 10.3 Å². The number of carbonyl (C=O) groups is 2. The molecule has 0 atom stereocenters. The van der Waals surface area contributed by atoms with Gasteiger partial charge in [0.15, 0.2) is 5.58 Å². The summed E-state index contributed by atoms with van der Waals surface area (Å²) < 4.78 is 5.83. The van der Waals surface area contributed by atoms with Gasteiger partial charge in [0, 0.05) is 30.2 Å². The number of anilines is 1. The van der Waals surface area contributed by atoms with Crippen LogP contribution in [-0.4, -0.2) is 22.0 Å². The number of carboxylic acid groups (broad SMARTS) is 1. The van der Waals surface area contributed by atoms with Crippen LogP contribution in [0.15, 0.2) is 46.9 Å². The number of hydrogen-bond acceptors (Lipinski definition) is 4. The molecule has 3 aromatic rings. The number of rotatable bonds is 6. The van der Waals surface area contributed by atoms with Crippen molar-refractivity contribution in [3.05, 3.63) is 48.0 Å². The molecule has 0 aliphatic rings. The van der Waals surface area contributed by atoms with Crippen molar-refractivity contribution in [1.29, 1.82) is 0 Å². The van der Waals surface area contributed by atoms with Crippen molar-refractivity contribution >= 4 is 28.7 Å². The number of aryl methyl sites for hydroxylation is 1. The molecule has 0 saturated carbocycles. The van der Waals surface area contributed by atoms with Crippen LogP contribution in [0.5, 0.6) is 0 Å². The molecular formula is C19H18N2O4. The zero-order chi connectivity index (χ0) is 17.8. The van der Waals surface area contributed by atoms with E-state index < -0.39 is 5.97 Å². The third-order valence-corrected chi connectivity index (χ3v) is 3.84. The Morgan fingerprint density at radius 1 is 1.16 bits per heavy atom. The molecule has 6 nitrogen and oxygen atoms in total. The summed E-state index contributed by atoms with van der Waals surface area (Å²) in [5, 5.41) is 11.3. The molecule has 128 valence electrons. The number of nitrogens with one attached hydrogen (secondary N) is 1. The van der Waals surface area contributed by atoms with Gasteiger partial charge in [0.05, 0.1) is 0 Å². The first-order valence-corrected chi connectivity index (χ1v) is 8.01. The maximum Gasteiger partial charge on any atom is 0.303 e. The van der Waals surface area contributed by atoms with E-state index >= 15 is 0 Å². The molecule has 0 spiro atoms. The highest BCUT2D eigenvalue weighted by Crippen LogP contribution is 2.28. The smallest absolute Gasteiger partial charge is 0.303 e. The second-order valence-electron chi connectivity index (χ2n) is 5.81. The third kappa shape index (κ3) is 4.03. The Bertz CT molecular complexity index is 930. The van der Waals surface area contributed by atoms with Gasteiger partial charge in [-0.2, -0.15) is 0 Å². The van der Waals surface area contributed by atoms with E-state index in [0.717, 1.165) is 11.1 Å². The molecule has 3 rings (SSSR count). The van der Waals surface area contributed by atoms with E-state index in [1.165, 1.54) is 0 Å². The van der Waals surface area contributed by atoms with E-state index in [-0.39, 0.29) is 18.7 Å². The molecule has 1 aromatic heterocycles. The predicted molar refractivity (Wildman–Crippen MR) is 94.3 cm³/mol. The molecule has 25 heavy (non-hydrogen) atoms. The maximum atomic E-state index is 11.9. The largest absolute Gasteiger partial charge is 0.481 e. The Labute approximate surface area is 144 Å². The average Bonchev–Trinajstić information content (AvgIpc) is 2.97. The van der Waals surface area contributed by atoms with Gasteiger partial charge < -0.3 is 14.8 Å². The van der Waals surface area contributed by atoms with Gasteiger partial charge in [-0.3, -0.25) is 9.59 Å². The molecule has 0 unspecified atom stereocenters. The summed E-state index contributed by atoms with van der Waals surface area (Å²) in [6.45, 7) is 1.99. The van der Waals surface area contributed by atoms with Gasteiger partial charge in [-0.05, 0) is 37.1 Å². The van der Waals surface area contributed by atoms with Gasteiger partial charge in [0.25, 0.3) is 0 Å². The first-order valence-electron chi connectivity index (χ1n) is 8.01. The summed E-state index contributed by atoms with van der Waals surface area (Å²) in [6.07, 6.45) is 0.451. The van der Waals surface area contributed by atoms with E-state index in [1.54, 1.807) is 18.2 Å². The molecule has 6 heteroatoms. The van der Waals surface area contributed by atoms with Crippen LogP contribution in [0, 0.1) is 6.92 Å². The highest BCUT2D eigenvalue weighted by atomic mass is 16.4. The van der Waals surface area contributed by atoms with Crippen molar-refractivity contribution in [2.45, 2.75) is 26.2 Å². The molecule has 1 heterocycles.